The van der Waals surface area contributed by atoms with Crippen LogP contribution in [0, 0.1) is 0 Å². The number of aromatic nitrogens is 3. The maximum absolute atomic E-state index is 12.4. The molecule has 28 heavy (non-hydrogen) atoms. The van der Waals surface area contributed by atoms with E-state index in [2.05, 4.69) is 45.4 Å². The van der Waals surface area contributed by atoms with E-state index in [4.69, 9.17) is 4.74 Å². The van der Waals surface area contributed by atoms with E-state index in [1.165, 1.54) is 16.6 Å². The molecule has 0 aliphatic heterocycles. The molecule has 0 fully saturated rings. The summed E-state index contributed by atoms with van der Waals surface area (Å²) in [5.74, 6) is 1.64. The van der Waals surface area contributed by atoms with Gasteiger partial charge in [0.05, 0.1) is 18.6 Å². The Kier molecular flexibility index (Phi) is 7.11. The fourth-order valence-corrected chi connectivity index (χ4v) is 4.60. The summed E-state index contributed by atoms with van der Waals surface area (Å²) in [5, 5.41) is 14.4. The molecule has 0 spiro atoms. The highest BCUT2D eigenvalue weighted by atomic mass is 32.2. The maximum Gasteiger partial charge on any atom is 0.234 e. The summed E-state index contributed by atoms with van der Waals surface area (Å²) in [7, 11) is 1.58. The van der Waals surface area contributed by atoms with Gasteiger partial charge in [0.25, 0.3) is 0 Å². The summed E-state index contributed by atoms with van der Waals surface area (Å²) in [4.78, 5) is 13.7. The molecule has 3 aromatic rings. The number of benzene rings is 1. The predicted octanol–water partition coefficient (Wildman–Crippen LogP) is 4.72. The largest absolute Gasteiger partial charge is 0.495 e. The third-order valence-corrected chi connectivity index (χ3v) is 6.12. The molecular formula is C20H24N4O2S2. The average Bonchev–Trinajstić information content (AvgIpc) is 3.33. The molecule has 148 valence electrons. The standard InChI is InChI=1S/C20H24N4O2S2/c1-4-8-15-11-14(12-27-15)19-22-23-20(24(19)5-2)28-13-18(25)21-16-9-6-7-10-17(16)26-3/h6-7,9-12H,4-5,8,13H2,1-3H3,(H,21,25). The number of methoxy groups -OCH3 is 1. The summed E-state index contributed by atoms with van der Waals surface area (Å²) in [6, 6.07) is 9.55. The van der Waals surface area contributed by atoms with Crippen molar-refractivity contribution in [3.63, 3.8) is 0 Å². The van der Waals surface area contributed by atoms with Gasteiger partial charge in [0, 0.05) is 22.4 Å². The third-order valence-electron chi connectivity index (χ3n) is 4.15. The first-order valence-corrected chi connectivity index (χ1v) is 11.1. The molecule has 2 aromatic heterocycles. The molecule has 0 atom stereocenters. The number of aryl methyl sites for hydroxylation is 1. The molecule has 2 heterocycles. The number of rotatable bonds is 9. The number of nitrogens with one attached hydrogen (secondary N) is 1. The van der Waals surface area contributed by atoms with Crippen molar-refractivity contribution in [2.75, 3.05) is 18.2 Å². The molecule has 0 saturated carbocycles. The van der Waals surface area contributed by atoms with Crippen LogP contribution < -0.4 is 10.1 Å². The summed E-state index contributed by atoms with van der Waals surface area (Å²) in [5.41, 5.74) is 1.75. The fourth-order valence-electron chi connectivity index (χ4n) is 2.83. The van der Waals surface area contributed by atoms with Gasteiger partial charge in [0.15, 0.2) is 11.0 Å². The van der Waals surface area contributed by atoms with Gasteiger partial charge in [-0.05, 0) is 31.5 Å². The molecular weight excluding hydrogens is 392 g/mol. The molecule has 0 saturated heterocycles. The van der Waals surface area contributed by atoms with Gasteiger partial charge in [-0.15, -0.1) is 21.5 Å². The second kappa shape index (κ2) is 9.75. The van der Waals surface area contributed by atoms with Gasteiger partial charge < -0.3 is 14.6 Å². The minimum atomic E-state index is -0.109. The number of para-hydroxylation sites is 2. The van der Waals surface area contributed by atoms with Crippen LogP contribution in [0.4, 0.5) is 5.69 Å². The molecule has 1 amide bonds. The average molecular weight is 417 g/mol. The molecule has 8 heteroatoms. The number of hydrogen-bond acceptors (Lipinski definition) is 6. The molecule has 0 radical (unpaired) electrons. The van der Waals surface area contributed by atoms with Crippen LogP contribution in [-0.2, 0) is 17.8 Å². The smallest absolute Gasteiger partial charge is 0.234 e. The molecule has 0 bridgehead atoms. The predicted molar refractivity (Wildman–Crippen MR) is 115 cm³/mol. The Morgan fingerprint density at radius 3 is 2.86 bits per heavy atom. The molecule has 0 aliphatic rings. The third kappa shape index (κ3) is 4.74. The minimum Gasteiger partial charge on any atom is -0.495 e. The monoisotopic (exact) mass is 416 g/mol. The quantitative estimate of drug-likeness (QED) is 0.511. The van der Waals surface area contributed by atoms with Crippen molar-refractivity contribution in [1.29, 1.82) is 0 Å². The molecule has 1 N–H and O–H groups in total. The Balaban J connectivity index is 1.67. The summed E-state index contributed by atoms with van der Waals surface area (Å²) < 4.78 is 7.32. The van der Waals surface area contributed by atoms with Crippen molar-refractivity contribution in [1.82, 2.24) is 14.8 Å². The Labute approximate surface area is 173 Å². The number of amides is 1. The molecule has 0 unspecified atom stereocenters. The van der Waals surface area contributed by atoms with Crippen LogP contribution in [0.5, 0.6) is 5.75 Å². The number of hydrogen-bond donors (Lipinski definition) is 1. The SMILES string of the molecule is CCCc1cc(-c2nnc(SCC(=O)Nc3ccccc3OC)n2CC)cs1. The highest BCUT2D eigenvalue weighted by Gasteiger charge is 2.16. The van der Waals surface area contributed by atoms with Crippen LogP contribution >= 0.6 is 23.1 Å². The lowest BCUT2D eigenvalue weighted by molar-refractivity contribution is -0.113. The minimum absolute atomic E-state index is 0.109. The van der Waals surface area contributed by atoms with Gasteiger partial charge in [0.2, 0.25) is 5.91 Å². The topological polar surface area (TPSA) is 69.0 Å². The number of ether oxygens (including phenoxy) is 1. The van der Waals surface area contributed by atoms with Gasteiger partial charge in [-0.25, -0.2) is 0 Å². The van der Waals surface area contributed by atoms with E-state index in [9.17, 15) is 4.79 Å². The summed E-state index contributed by atoms with van der Waals surface area (Å²) in [6.07, 6.45) is 2.21. The zero-order valence-electron chi connectivity index (χ0n) is 16.3. The van der Waals surface area contributed by atoms with Crippen molar-refractivity contribution in [2.45, 2.75) is 38.4 Å². The normalized spacial score (nSPS) is 10.8. The van der Waals surface area contributed by atoms with Crippen LogP contribution in [0.2, 0.25) is 0 Å². The number of thioether (sulfide) groups is 1. The summed E-state index contributed by atoms with van der Waals surface area (Å²) in [6.45, 7) is 4.99. The van der Waals surface area contributed by atoms with E-state index in [0.29, 0.717) is 11.4 Å². The van der Waals surface area contributed by atoms with E-state index in [0.717, 1.165) is 35.9 Å². The zero-order valence-corrected chi connectivity index (χ0v) is 17.9. The van der Waals surface area contributed by atoms with Gasteiger partial charge in [-0.2, -0.15) is 0 Å². The van der Waals surface area contributed by atoms with E-state index in [-0.39, 0.29) is 11.7 Å². The fraction of sp³-hybridized carbons (Fsp3) is 0.350. The lowest BCUT2D eigenvalue weighted by Gasteiger charge is -2.10. The summed E-state index contributed by atoms with van der Waals surface area (Å²) >= 11 is 3.14. The Bertz CT molecular complexity index is 936. The van der Waals surface area contributed by atoms with Crippen molar-refractivity contribution in [3.05, 3.63) is 40.6 Å². The second-order valence-electron chi connectivity index (χ2n) is 6.14. The number of nitrogens with zero attached hydrogens (tertiary/aromatic N) is 3. The van der Waals surface area contributed by atoms with Crippen LogP contribution in [0.15, 0.2) is 40.9 Å². The van der Waals surface area contributed by atoms with Crippen LogP contribution in [-0.4, -0.2) is 33.5 Å². The van der Waals surface area contributed by atoms with Crippen molar-refractivity contribution in [3.8, 4) is 17.1 Å². The van der Waals surface area contributed by atoms with E-state index >= 15 is 0 Å². The van der Waals surface area contributed by atoms with Crippen molar-refractivity contribution < 1.29 is 9.53 Å². The first kappa shape index (κ1) is 20.4. The molecule has 6 nitrogen and oxygen atoms in total. The second-order valence-corrected chi connectivity index (χ2v) is 8.08. The number of anilines is 1. The van der Waals surface area contributed by atoms with Crippen LogP contribution in [0.25, 0.3) is 11.4 Å². The van der Waals surface area contributed by atoms with Gasteiger partial charge in [-0.3, -0.25) is 4.79 Å². The Hall–Kier alpha value is -2.32. The first-order chi connectivity index (χ1) is 13.7. The van der Waals surface area contributed by atoms with Gasteiger partial charge in [0.1, 0.15) is 5.75 Å². The maximum atomic E-state index is 12.4. The Morgan fingerprint density at radius 1 is 1.29 bits per heavy atom. The highest BCUT2D eigenvalue weighted by Crippen LogP contribution is 2.29. The van der Waals surface area contributed by atoms with Crippen LogP contribution in [0.3, 0.4) is 0 Å². The first-order valence-electron chi connectivity index (χ1n) is 9.22. The zero-order chi connectivity index (χ0) is 19.9. The molecule has 3 rings (SSSR count). The van der Waals surface area contributed by atoms with E-state index < -0.39 is 0 Å². The van der Waals surface area contributed by atoms with Crippen molar-refractivity contribution in [2.24, 2.45) is 0 Å². The molecule has 1 aromatic carbocycles. The lowest BCUT2D eigenvalue weighted by atomic mass is 10.2. The van der Waals surface area contributed by atoms with Gasteiger partial charge in [-0.1, -0.05) is 37.2 Å². The van der Waals surface area contributed by atoms with Gasteiger partial charge >= 0.3 is 0 Å². The van der Waals surface area contributed by atoms with E-state index in [1.807, 2.05) is 24.3 Å². The number of thiophene rings is 1. The van der Waals surface area contributed by atoms with Crippen LogP contribution in [0.1, 0.15) is 25.1 Å². The lowest BCUT2D eigenvalue weighted by Crippen LogP contribution is -2.15. The Morgan fingerprint density at radius 2 is 2.11 bits per heavy atom. The van der Waals surface area contributed by atoms with Crippen molar-refractivity contribution >= 4 is 34.7 Å². The molecule has 0 aliphatic carbocycles. The van der Waals surface area contributed by atoms with E-state index in [1.54, 1.807) is 18.4 Å². The number of carbonyl (C=O) groups is 1. The highest BCUT2D eigenvalue weighted by molar-refractivity contribution is 7.99. The number of carbonyl (C=O) groups excluding carboxylic acids is 1.